The number of aryl methyl sites for hydroxylation is 1. The molecule has 1 saturated carbocycles. The second kappa shape index (κ2) is 9.82. The fourth-order valence-corrected chi connectivity index (χ4v) is 5.85. The Morgan fingerprint density at radius 3 is 2.50 bits per heavy atom. The third-order valence-electron chi connectivity index (χ3n) is 7.03. The summed E-state index contributed by atoms with van der Waals surface area (Å²) in [7, 11) is 0. The van der Waals surface area contributed by atoms with Crippen LogP contribution < -0.4 is 11.1 Å². The standard InChI is InChI=1S/C26H21F5N8O2S/c1-3-38-10(2)13(9-33-38)12-6-15(22(27)28)35-25-19(12)20(21(42-25)23(32)40)36-24(41)16-8-18-34-14(11-4-5-11)7-17(26(29,30)31)39(18)37-16/h6-9,11,22H,3-5H2,1-2H3,(H2,32,40)(H,36,41). The highest BCUT2D eigenvalue weighted by molar-refractivity contribution is 7.21. The van der Waals surface area contributed by atoms with Crippen LogP contribution in [-0.2, 0) is 12.7 Å². The molecule has 2 amide bonds. The molecule has 0 aromatic carbocycles. The van der Waals surface area contributed by atoms with Gasteiger partial charge in [-0.05, 0) is 44.4 Å². The Balaban J connectivity index is 1.51. The van der Waals surface area contributed by atoms with E-state index in [9.17, 15) is 31.5 Å². The predicted octanol–water partition coefficient (Wildman–Crippen LogP) is 5.72. The van der Waals surface area contributed by atoms with Crippen molar-refractivity contribution in [2.24, 2.45) is 5.73 Å². The van der Waals surface area contributed by atoms with Crippen LogP contribution in [0, 0.1) is 6.92 Å². The smallest absolute Gasteiger partial charge is 0.365 e. The maximum absolute atomic E-state index is 13.9. The quantitative estimate of drug-likeness (QED) is 0.229. The third-order valence-corrected chi connectivity index (χ3v) is 8.12. The maximum atomic E-state index is 13.9. The highest BCUT2D eigenvalue weighted by atomic mass is 32.1. The van der Waals surface area contributed by atoms with Gasteiger partial charge in [-0.25, -0.2) is 23.3 Å². The van der Waals surface area contributed by atoms with Crippen LogP contribution in [0.5, 0.6) is 0 Å². The van der Waals surface area contributed by atoms with Gasteiger partial charge in [0.1, 0.15) is 21.1 Å². The number of fused-ring (bicyclic) bond motifs is 2. The molecule has 0 unspecified atom stereocenters. The summed E-state index contributed by atoms with van der Waals surface area (Å²) in [5.74, 6) is -2.03. The summed E-state index contributed by atoms with van der Waals surface area (Å²) in [6.45, 7) is 4.07. The summed E-state index contributed by atoms with van der Waals surface area (Å²) < 4.78 is 71.4. The van der Waals surface area contributed by atoms with Crippen LogP contribution in [-0.4, -0.2) is 41.2 Å². The van der Waals surface area contributed by atoms with Crippen molar-refractivity contribution in [1.82, 2.24) is 29.4 Å². The summed E-state index contributed by atoms with van der Waals surface area (Å²) in [5.41, 5.74) is 4.80. The molecule has 0 spiro atoms. The van der Waals surface area contributed by atoms with E-state index < -0.39 is 41.5 Å². The highest BCUT2D eigenvalue weighted by Crippen LogP contribution is 2.44. The first kappa shape index (κ1) is 27.7. The average molecular weight is 605 g/mol. The molecule has 5 aromatic rings. The van der Waals surface area contributed by atoms with E-state index in [2.05, 4.69) is 25.5 Å². The van der Waals surface area contributed by atoms with Gasteiger partial charge < -0.3 is 11.1 Å². The second-order valence-electron chi connectivity index (χ2n) is 9.80. The average Bonchev–Trinajstić information content (AvgIpc) is 3.42. The second-order valence-corrected chi connectivity index (χ2v) is 10.8. The van der Waals surface area contributed by atoms with Gasteiger partial charge in [-0.15, -0.1) is 11.3 Å². The molecule has 0 aliphatic heterocycles. The van der Waals surface area contributed by atoms with Crippen molar-refractivity contribution in [1.29, 1.82) is 0 Å². The number of anilines is 1. The Morgan fingerprint density at radius 1 is 1.17 bits per heavy atom. The molecule has 6 rings (SSSR count). The number of amides is 2. The summed E-state index contributed by atoms with van der Waals surface area (Å²) in [5, 5.41) is 10.8. The van der Waals surface area contributed by atoms with Gasteiger partial charge in [0.25, 0.3) is 18.2 Å². The number of hydrogen-bond donors (Lipinski definition) is 2. The van der Waals surface area contributed by atoms with E-state index in [1.807, 2.05) is 6.92 Å². The number of alkyl halides is 5. The SMILES string of the molecule is CCn1ncc(-c2cc(C(F)F)nc3sc(C(N)=O)c(NC(=O)c4cc5nc(C6CC6)cc(C(F)(F)F)n5n4)c23)c1C. The molecule has 0 atom stereocenters. The van der Waals surface area contributed by atoms with Crippen molar-refractivity contribution in [2.75, 3.05) is 5.32 Å². The minimum atomic E-state index is -4.77. The normalized spacial score (nSPS) is 13.9. The number of nitrogens with one attached hydrogen (secondary N) is 1. The minimum absolute atomic E-state index is 0.000601. The molecule has 42 heavy (non-hydrogen) atoms. The molecule has 5 aromatic heterocycles. The lowest BCUT2D eigenvalue weighted by molar-refractivity contribution is -0.142. The lowest BCUT2D eigenvalue weighted by atomic mass is 10.0. The van der Waals surface area contributed by atoms with Crippen LogP contribution >= 0.6 is 11.3 Å². The number of nitrogens with two attached hydrogens (primary N) is 1. The van der Waals surface area contributed by atoms with E-state index >= 15 is 0 Å². The summed E-state index contributed by atoms with van der Waals surface area (Å²) in [6, 6.07) is 3.18. The van der Waals surface area contributed by atoms with Crippen molar-refractivity contribution in [3.05, 3.63) is 57.7 Å². The predicted molar refractivity (Wildman–Crippen MR) is 143 cm³/mol. The number of rotatable bonds is 7. The van der Waals surface area contributed by atoms with E-state index in [-0.39, 0.29) is 43.6 Å². The number of hydrogen-bond acceptors (Lipinski definition) is 7. The van der Waals surface area contributed by atoms with Crippen LogP contribution in [0.15, 0.2) is 24.4 Å². The van der Waals surface area contributed by atoms with E-state index in [0.29, 0.717) is 46.5 Å². The first-order valence-corrected chi connectivity index (χ1v) is 13.6. The zero-order chi connectivity index (χ0) is 30.1. The van der Waals surface area contributed by atoms with Gasteiger partial charge in [0.05, 0.1) is 11.9 Å². The molecule has 10 nitrogen and oxygen atoms in total. The number of carbonyl (C=O) groups is 2. The lowest BCUT2D eigenvalue weighted by Gasteiger charge is -2.11. The Hall–Kier alpha value is -4.47. The molecule has 16 heteroatoms. The van der Waals surface area contributed by atoms with Gasteiger partial charge in [0, 0.05) is 40.9 Å². The number of halogens is 5. The van der Waals surface area contributed by atoms with Crippen LogP contribution in [0.3, 0.4) is 0 Å². The third kappa shape index (κ3) is 4.64. The van der Waals surface area contributed by atoms with E-state index in [0.717, 1.165) is 18.2 Å². The lowest BCUT2D eigenvalue weighted by Crippen LogP contribution is -2.18. The largest absolute Gasteiger partial charge is 0.433 e. The zero-order valence-corrected chi connectivity index (χ0v) is 22.8. The van der Waals surface area contributed by atoms with Gasteiger partial charge >= 0.3 is 6.18 Å². The Kier molecular flexibility index (Phi) is 6.47. The molecule has 0 saturated heterocycles. The van der Waals surface area contributed by atoms with Crippen molar-refractivity contribution < 1.29 is 31.5 Å². The molecule has 3 N–H and O–H groups in total. The fraction of sp³-hybridized carbons (Fsp3) is 0.308. The molecule has 1 aliphatic carbocycles. The monoisotopic (exact) mass is 604 g/mol. The molecule has 0 bridgehead atoms. The first-order chi connectivity index (χ1) is 19.9. The van der Waals surface area contributed by atoms with Gasteiger partial charge in [-0.3, -0.25) is 14.3 Å². The summed E-state index contributed by atoms with van der Waals surface area (Å²) in [4.78, 5) is 33.9. The molecule has 1 fully saturated rings. The van der Waals surface area contributed by atoms with Crippen molar-refractivity contribution in [3.8, 4) is 11.1 Å². The van der Waals surface area contributed by atoms with Gasteiger partial charge in [-0.1, -0.05) is 0 Å². The minimum Gasteiger partial charge on any atom is -0.365 e. The molecule has 218 valence electrons. The Morgan fingerprint density at radius 2 is 1.90 bits per heavy atom. The number of thiophene rings is 1. The number of nitrogens with zero attached hydrogens (tertiary/aromatic N) is 6. The summed E-state index contributed by atoms with van der Waals surface area (Å²) in [6.07, 6.45) is -4.82. The Labute approximate surface area is 237 Å². The highest BCUT2D eigenvalue weighted by Gasteiger charge is 2.38. The molecule has 0 radical (unpaired) electrons. The Bertz CT molecular complexity index is 1900. The van der Waals surface area contributed by atoms with Crippen LogP contribution in [0.4, 0.5) is 27.6 Å². The zero-order valence-electron chi connectivity index (χ0n) is 22.0. The first-order valence-electron chi connectivity index (χ1n) is 12.7. The van der Waals surface area contributed by atoms with E-state index in [1.165, 1.54) is 6.20 Å². The van der Waals surface area contributed by atoms with Crippen LogP contribution in [0.2, 0.25) is 0 Å². The number of primary amides is 1. The van der Waals surface area contributed by atoms with Gasteiger partial charge in [-0.2, -0.15) is 23.4 Å². The van der Waals surface area contributed by atoms with Gasteiger partial charge in [0.15, 0.2) is 11.3 Å². The fourth-order valence-electron chi connectivity index (χ4n) is 4.84. The topological polar surface area (TPSA) is 133 Å². The molecular formula is C26H21F5N8O2S. The number of pyridine rings is 1. The number of carbonyl (C=O) groups excluding carboxylic acids is 2. The number of aromatic nitrogens is 6. The molecule has 5 heterocycles. The van der Waals surface area contributed by atoms with E-state index in [4.69, 9.17) is 5.73 Å². The van der Waals surface area contributed by atoms with E-state index in [1.54, 1.807) is 11.6 Å². The summed E-state index contributed by atoms with van der Waals surface area (Å²) >= 11 is 0.703. The van der Waals surface area contributed by atoms with Crippen LogP contribution in [0.1, 0.15) is 75.0 Å². The molecular weight excluding hydrogens is 583 g/mol. The maximum Gasteiger partial charge on any atom is 0.433 e. The molecule has 1 aliphatic rings. The van der Waals surface area contributed by atoms with Crippen molar-refractivity contribution in [3.63, 3.8) is 0 Å². The van der Waals surface area contributed by atoms with Crippen molar-refractivity contribution >= 4 is 44.7 Å². The van der Waals surface area contributed by atoms with Gasteiger partial charge in [0.2, 0.25) is 0 Å². The van der Waals surface area contributed by atoms with Crippen molar-refractivity contribution in [2.45, 2.75) is 51.8 Å². The van der Waals surface area contributed by atoms with Crippen LogP contribution in [0.25, 0.3) is 27.0 Å².